The zero-order valence-corrected chi connectivity index (χ0v) is 9.70. The summed E-state index contributed by atoms with van der Waals surface area (Å²) in [5.41, 5.74) is 5.08. The van der Waals surface area contributed by atoms with E-state index < -0.39 is 0 Å². The minimum atomic E-state index is -0.316. The molecule has 0 aliphatic heterocycles. The highest BCUT2D eigenvalue weighted by molar-refractivity contribution is 5.80. The van der Waals surface area contributed by atoms with Gasteiger partial charge < -0.3 is 10.5 Å². The molecule has 2 bridgehead atoms. The van der Waals surface area contributed by atoms with Gasteiger partial charge in [-0.05, 0) is 38.0 Å². The lowest BCUT2D eigenvalue weighted by Gasteiger charge is -2.45. The maximum Gasteiger partial charge on any atom is 0.311 e. The van der Waals surface area contributed by atoms with E-state index in [1.54, 1.807) is 0 Å². The number of carbonyl (C=O) groups excluding carboxylic acids is 2. The van der Waals surface area contributed by atoms with Gasteiger partial charge in [-0.25, -0.2) is 0 Å². The Balaban J connectivity index is 2.16. The molecule has 0 aromatic carbocycles. The van der Waals surface area contributed by atoms with Gasteiger partial charge in [0.25, 0.3) is 0 Å². The average molecular weight is 225 g/mol. The molecular weight excluding hydrogens is 206 g/mol. The highest BCUT2D eigenvalue weighted by Gasteiger charge is 2.50. The van der Waals surface area contributed by atoms with Gasteiger partial charge in [0.1, 0.15) is 0 Å². The second-order valence-electron chi connectivity index (χ2n) is 5.18. The van der Waals surface area contributed by atoms with Crippen LogP contribution in [-0.2, 0) is 14.3 Å². The van der Waals surface area contributed by atoms with Gasteiger partial charge in [-0.3, -0.25) is 9.59 Å². The maximum atomic E-state index is 11.8. The quantitative estimate of drug-likeness (QED) is 0.719. The van der Waals surface area contributed by atoms with Crippen molar-refractivity contribution >= 4 is 11.9 Å². The van der Waals surface area contributed by atoms with Gasteiger partial charge in [-0.2, -0.15) is 0 Å². The molecule has 2 fully saturated rings. The van der Waals surface area contributed by atoms with Crippen LogP contribution in [0.25, 0.3) is 0 Å². The van der Waals surface area contributed by atoms with Gasteiger partial charge in [0.2, 0.25) is 5.91 Å². The Morgan fingerprint density at radius 3 is 2.69 bits per heavy atom. The topological polar surface area (TPSA) is 69.4 Å². The summed E-state index contributed by atoms with van der Waals surface area (Å²) in [6.45, 7) is 0. The summed E-state index contributed by atoms with van der Waals surface area (Å²) in [5.74, 6) is -0.0392. The predicted molar refractivity (Wildman–Crippen MR) is 58.3 cm³/mol. The van der Waals surface area contributed by atoms with Crippen LogP contribution in [-0.4, -0.2) is 19.0 Å². The van der Waals surface area contributed by atoms with Crippen molar-refractivity contribution in [2.45, 2.75) is 38.5 Å². The van der Waals surface area contributed by atoms with Crippen molar-refractivity contribution in [2.75, 3.05) is 7.11 Å². The van der Waals surface area contributed by atoms with Crippen LogP contribution in [0, 0.1) is 17.3 Å². The molecule has 0 spiro atoms. The van der Waals surface area contributed by atoms with E-state index in [9.17, 15) is 9.59 Å². The molecule has 3 unspecified atom stereocenters. The number of ether oxygens (including phenoxy) is 1. The number of methoxy groups -OCH3 is 1. The summed E-state index contributed by atoms with van der Waals surface area (Å²) in [7, 11) is 1.45. The van der Waals surface area contributed by atoms with Gasteiger partial charge in [-0.15, -0.1) is 0 Å². The second kappa shape index (κ2) is 4.07. The number of rotatable bonds is 2. The molecule has 16 heavy (non-hydrogen) atoms. The van der Waals surface area contributed by atoms with Crippen LogP contribution in [0.15, 0.2) is 0 Å². The maximum absolute atomic E-state index is 11.8. The number of carbonyl (C=O) groups is 2. The van der Waals surface area contributed by atoms with Crippen molar-refractivity contribution in [3.05, 3.63) is 0 Å². The van der Waals surface area contributed by atoms with E-state index in [1.165, 1.54) is 7.11 Å². The van der Waals surface area contributed by atoms with E-state index in [-0.39, 0.29) is 23.2 Å². The number of primary amides is 1. The number of hydrogen-bond acceptors (Lipinski definition) is 3. The highest BCUT2D eigenvalue weighted by atomic mass is 16.5. The number of fused-ring (bicyclic) bond motifs is 2. The van der Waals surface area contributed by atoms with Gasteiger partial charge in [-0.1, -0.05) is 6.42 Å². The SMILES string of the molecule is COC(=O)C12CCCC(C1)C(C(N)=O)CC2. The van der Waals surface area contributed by atoms with Crippen LogP contribution in [0.5, 0.6) is 0 Å². The van der Waals surface area contributed by atoms with Crippen LogP contribution in [0.1, 0.15) is 38.5 Å². The number of hydrogen-bond donors (Lipinski definition) is 1. The van der Waals surface area contributed by atoms with Crippen molar-refractivity contribution in [3.63, 3.8) is 0 Å². The summed E-state index contributed by atoms with van der Waals surface area (Å²) in [5, 5.41) is 0. The summed E-state index contributed by atoms with van der Waals surface area (Å²) in [4.78, 5) is 23.1. The molecule has 90 valence electrons. The van der Waals surface area contributed by atoms with E-state index in [4.69, 9.17) is 10.5 Å². The van der Waals surface area contributed by atoms with Crippen LogP contribution >= 0.6 is 0 Å². The van der Waals surface area contributed by atoms with Crippen molar-refractivity contribution in [1.29, 1.82) is 0 Å². The van der Waals surface area contributed by atoms with Crippen LogP contribution in [0.2, 0.25) is 0 Å². The largest absolute Gasteiger partial charge is 0.469 e. The number of amides is 1. The number of esters is 1. The molecule has 0 saturated heterocycles. The van der Waals surface area contributed by atoms with E-state index in [1.807, 2.05) is 0 Å². The first-order chi connectivity index (χ1) is 7.59. The smallest absolute Gasteiger partial charge is 0.311 e. The molecule has 2 saturated carbocycles. The lowest BCUT2D eigenvalue weighted by molar-refractivity contribution is -0.161. The van der Waals surface area contributed by atoms with Gasteiger partial charge in [0.15, 0.2) is 0 Å². The zero-order valence-electron chi connectivity index (χ0n) is 9.70. The summed E-state index contributed by atoms with van der Waals surface area (Å²) in [6.07, 6.45) is 5.21. The van der Waals surface area contributed by atoms with Crippen molar-refractivity contribution < 1.29 is 14.3 Å². The lowest BCUT2D eigenvalue weighted by Crippen LogP contribution is -2.46. The van der Waals surface area contributed by atoms with E-state index in [0.717, 1.165) is 38.5 Å². The van der Waals surface area contributed by atoms with E-state index >= 15 is 0 Å². The van der Waals surface area contributed by atoms with Crippen molar-refractivity contribution in [2.24, 2.45) is 23.0 Å². The first-order valence-electron chi connectivity index (χ1n) is 5.97. The Morgan fingerprint density at radius 2 is 2.06 bits per heavy atom. The molecule has 0 aromatic rings. The predicted octanol–water partition coefficient (Wildman–Crippen LogP) is 1.23. The second-order valence-corrected chi connectivity index (χ2v) is 5.18. The summed E-state index contributed by atoms with van der Waals surface area (Å²) in [6, 6.07) is 0. The molecule has 0 aromatic heterocycles. The fourth-order valence-electron chi connectivity index (χ4n) is 3.53. The Morgan fingerprint density at radius 1 is 1.31 bits per heavy atom. The Kier molecular flexibility index (Phi) is 2.91. The van der Waals surface area contributed by atoms with E-state index in [2.05, 4.69) is 0 Å². The van der Waals surface area contributed by atoms with Crippen LogP contribution in [0.3, 0.4) is 0 Å². The molecule has 2 N–H and O–H groups in total. The molecule has 4 nitrogen and oxygen atoms in total. The fourth-order valence-corrected chi connectivity index (χ4v) is 3.53. The third kappa shape index (κ3) is 1.70. The third-order valence-corrected chi connectivity index (χ3v) is 4.37. The minimum Gasteiger partial charge on any atom is -0.469 e. The standard InChI is InChI=1S/C12H19NO3/c1-16-11(15)12-5-2-3-8(7-12)9(4-6-12)10(13)14/h8-9H,2-7H2,1H3,(H2,13,14). The normalized spacial score (nSPS) is 37.8. The number of nitrogens with two attached hydrogens (primary N) is 1. The molecule has 0 heterocycles. The third-order valence-electron chi connectivity index (χ3n) is 4.37. The molecule has 2 aliphatic carbocycles. The zero-order chi connectivity index (χ0) is 11.8. The molecule has 2 rings (SSSR count). The first-order valence-corrected chi connectivity index (χ1v) is 5.97. The molecule has 0 radical (unpaired) electrons. The van der Waals surface area contributed by atoms with Gasteiger partial charge >= 0.3 is 5.97 Å². The molecule has 3 atom stereocenters. The highest BCUT2D eigenvalue weighted by Crippen LogP contribution is 2.51. The summed E-state index contributed by atoms with van der Waals surface area (Å²) >= 11 is 0. The van der Waals surface area contributed by atoms with Crippen molar-refractivity contribution in [1.82, 2.24) is 0 Å². The molecule has 1 amide bonds. The Labute approximate surface area is 95.5 Å². The van der Waals surface area contributed by atoms with Gasteiger partial charge in [0.05, 0.1) is 12.5 Å². The van der Waals surface area contributed by atoms with Crippen LogP contribution < -0.4 is 5.73 Å². The monoisotopic (exact) mass is 225 g/mol. The molecular formula is C12H19NO3. The molecule has 4 heteroatoms. The fraction of sp³-hybridized carbons (Fsp3) is 0.833. The lowest BCUT2D eigenvalue weighted by atomic mass is 9.58. The van der Waals surface area contributed by atoms with Gasteiger partial charge in [0, 0.05) is 5.92 Å². The van der Waals surface area contributed by atoms with Crippen molar-refractivity contribution in [3.8, 4) is 0 Å². The first kappa shape index (κ1) is 11.4. The van der Waals surface area contributed by atoms with Crippen LogP contribution in [0.4, 0.5) is 0 Å². The minimum absolute atomic E-state index is 0.0296. The average Bonchev–Trinajstić information content (AvgIpc) is 2.27. The Bertz CT molecular complexity index is 315. The van der Waals surface area contributed by atoms with E-state index in [0.29, 0.717) is 5.92 Å². The molecule has 2 aliphatic rings. The summed E-state index contributed by atoms with van der Waals surface area (Å²) < 4.78 is 4.91. The Hall–Kier alpha value is -1.06.